The number of primary amides is 1. The Bertz CT molecular complexity index is 564. The Kier molecular flexibility index (Phi) is 3.26. The summed E-state index contributed by atoms with van der Waals surface area (Å²) in [6, 6.07) is 7.24. The molecule has 5 nitrogen and oxygen atoms in total. The number of nitrogens with zero attached hydrogens (tertiary/aromatic N) is 2. The van der Waals surface area contributed by atoms with Crippen molar-refractivity contribution in [1.82, 2.24) is 9.78 Å². The van der Waals surface area contributed by atoms with Crippen LogP contribution in [-0.4, -0.2) is 15.7 Å². The maximum atomic E-state index is 11.0. The average molecular weight is 295 g/mol. The topological polar surface area (TPSA) is 86.9 Å². The van der Waals surface area contributed by atoms with Crippen LogP contribution in [0.3, 0.4) is 0 Å². The number of halogens is 1. The zero-order chi connectivity index (χ0) is 12.4. The molecule has 6 heteroatoms. The van der Waals surface area contributed by atoms with Crippen molar-refractivity contribution in [3.05, 3.63) is 46.2 Å². The van der Waals surface area contributed by atoms with Gasteiger partial charge in [-0.3, -0.25) is 4.79 Å². The molecular formula is C11H11BrN4O. The first-order valence-electron chi connectivity index (χ1n) is 4.97. The molecule has 0 saturated carbocycles. The lowest BCUT2D eigenvalue weighted by molar-refractivity contribution is 0.0995. The van der Waals surface area contributed by atoms with E-state index < -0.39 is 5.91 Å². The van der Waals surface area contributed by atoms with Crippen LogP contribution < -0.4 is 11.5 Å². The molecule has 1 aromatic heterocycles. The van der Waals surface area contributed by atoms with Gasteiger partial charge in [-0.25, -0.2) is 4.68 Å². The third-order valence-electron chi connectivity index (χ3n) is 2.39. The summed E-state index contributed by atoms with van der Waals surface area (Å²) in [7, 11) is 0. The largest absolute Gasteiger partial charge is 0.364 e. The molecule has 0 unspecified atom stereocenters. The highest BCUT2D eigenvalue weighted by Gasteiger charge is 2.10. The number of rotatable bonds is 3. The van der Waals surface area contributed by atoms with Crippen molar-refractivity contribution < 1.29 is 4.79 Å². The summed E-state index contributed by atoms with van der Waals surface area (Å²) in [5, 5.41) is 4.10. The van der Waals surface area contributed by atoms with Crippen LogP contribution in [0.5, 0.6) is 0 Å². The van der Waals surface area contributed by atoms with Crippen LogP contribution in [0.4, 0.5) is 0 Å². The summed E-state index contributed by atoms with van der Waals surface area (Å²) in [4.78, 5) is 11.0. The van der Waals surface area contributed by atoms with Crippen LogP contribution in [0, 0.1) is 0 Å². The van der Waals surface area contributed by atoms with Crippen LogP contribution in [0.25, 0.3) is 5.69 Å². The van der Waals surface area contributed by atoms with E-state index >= 15 is 0 Å². The molecule has 1 aromatic carbocycles. The number of hydrogen-bond donors (Lipinski definition) is 2. The van der Waals surface area contributed by atoms with Crippen molar-refractivity contribution in [3.8, 4) is 5.69 Å². The first-order valence-corrected chi connectivity index (χ1v) is 5.76. The smallest absolute Gasteiger partial charge is 0.269 e. The molecule has 0 bridgehead atoms. The first kappa shape index (κ1) is 11.8. The van der Waals surface area contributed by atoms with E-state index in [0.29, 0.717) is 6.54 Å². The van der Waals surface area contributed by atoms with Gasteiger partial charge >= 0.3 is 0 Å². The fourth-order valence-corrected chi connectivity index (χ4v) is 2.07. The minimum absolute atomic E-state index is 0.230. The van der Waals surface area contributed by atoms with Crippen molar-refractivity contribution in [2.75, 3.05) is 0 Å². The lowest BCUT2D eigenvalue weighted by atomic mass is 10.2. The van der Waals surface area contributed by atoms with Crippen molar-refractivity contribution in [2.45, 2.75) is 6.54 Å². The van der Waals surface area contributed by atoms with Gasteiger partial charge in [-0.1, -0.05) is 22.0 Å². The molecule has 0 atom stereocenters. The second kappa shape index (κ2) is 4.68. The lowest BCUT2D eigenvalue weighted by Crippen LogP contribution is -2.13. The minimum atomic E-state index is -0.548. The molecule has 0 aliphatic carbocycles. The summed E-state index contributed by atoms with van der Waals surface area (Å²) in [6.45, 7) is 0.378. The monoisotopic (exact) mass is 294 g/mol. The van der Waals surface area contributed by atoms with Gasteiger partial charge in [0.1, 0.15) is 5.69 Å². The summed E-state index contributed by atoms with van der Waals surface area (Å²) in [6.07, 6.45) is 1.68. The van der Waals surface area contributed by atoms with Gasteiger partial charge in [0.2, 0.25) is 0 Å². The zero-order valence-corrected chi connectivity index (χ0v) is 10.5. The highest BCUT2D eigenvalue weighted by Crippen LogP contribution is 2.22. The predicted molar refractivity (Wildman–Crippen MR) is 67.7 cm³/mol. The number of carbonyl (C=O) groups is 1. The lowest BCUT2D eigenvalue weighted by Gasteiger charge is -2.09. The molecule has 2 rings (SSSR count). The number of amides is 1. The number of aromatic nitrogens is 2. The van der Waals surface area contributed by atoms with E-state index in [4.69, 9.17) is 11.5 Å². The first-order chi connectivity index (χ1) is 8.13. The molecule has 1 heterocycles. The molecule has 0 saturated heterocycles. The van der Waals surface area contributed by atoms with E-state index in [9.17, 15) is 4.79 Å². The Morgan fingerprint density at radius 2 is 2.18 bits per heavy atom. The highest BCUT2D eigenvalue weighted by atomic mass is 79.9. The van der Waals surface area contributed by atoms with Crippen LogP contribution in [0.1, 0.15) is 16.1 Å². The summed E-state index contributed by atoms with van der Waals surface area (Å²) in [5.74, 6) is -0.548. The Morgan fingerprint density at radius 1 is 1.41 bits per heavy atom. The number of carbonyl (C=O) groups excluding carboxylic acids is 1. The Balaban J connectivity index is 2.52. The molecule has 2 aromatic rings. The molecule has 0 radical (unpaired) electrons. The molecule has 88 valence electrons. The van der Waals surface area contributed by atoms with Gasteiger partial charge in [0.15, 0.2) is 0 Å². The molecule has 0 spiro atoms. The second-order valence-electron chi connectivity index (χ2n) is 3.45. The van der Waals surface area contributed by atoms with E-state index in [-0.39, 0.29) is 5.69 Å². The fraction of sp³-hybridized carbons (Fsp3) is 0.0909. The van der Waals surface area contributed by atoms with E-state index in [1.165, 1.54) is 0 Å². The predicted octanol–water partition coefficient (Wildman–Crippen LogP) is 1.19. The quantitative estimate of drug-likeness (QED) is 0.891. The van der Waals surface area contributed by atoms with Gasteiger partial charge in [0.05, 0.1) is 5.69 Å². The van der Waals surface area contributed by atoms with Gasteiger partial charge < -0.3 is 11.5 Å². The molecule has 0 aliphatic rings. The van der Waals surface area contributed by atoms with Crippen LogP contribution in [0.15, 0.2) is 34.9 Å². The maximum Gasteiger partial charge on any atom is 0.269 e. The van der Waals surface area contributed by atoms with E-state index in [1.807, 2.05) is 18.2 Å². The standard InChI is InChI=1S/C11H11BrN4O/c12-8-2-1-3-10(7(8)6-13)16-5-4-9(15-16)11(14)17/h1-5H,6,13H2,(H2,14,17). The number of nitrogens with two attached hydrogens (primary N) is 2. The van der Waals surface area contributed by atoms with Gasteiger partial charge in [0, 0.05) is 22.8 Å². The van der Waals surface area contributed by atoms with Crippen LogP contribution in [0.2, 0.25) is 0 Å². The van der Waals surface area contributed by atoms with Crippen molar-refractivity contribution >= 4 is 21.8 Å². The molecule has 0 fully saturated rings. The van der Waals surface area contributed by atoms with Crippen molar-refractivity contribution in [1.29, 1.82) is 0 Å². The Morgan fingerprint density at radius 3 is 2.76 bits per heavy atom. The maximum absolute atomic E-state index is 11.0. The summed E-state index contributed by atoms with van der Waals surface area (Å²) in [5.41, 5.74) is 12.8. The summed E-state index contributed by atoms with van der Waals surface area (Å²) >= 11 is 3.43. The van der Waals surface area contributed by atoms with Gasteiger partial charge in [-0.15, -0.1) is 0 Å². The molecule has 0 aliphatic heterocycles. The Hall–Kier alpha value is -1.66. The van der Waals surface area contributed by atoms with Crippen LogP contribution >= 0.6 is 15.9 Å². The van der Waals surface area contributed by atoms with Crippen molar-refractivity contribution in [2.24, 2.45) is 11.5 Å². The van der Waals surface area contributed by atoms with Crippen LogP contribution in [-0.2, 0) is 6.54 Å². The third-order valence-corrected chi connectivity index (χ3v) is 3.13. The third kappa shape index (κ3) is 2.22. The van der Waals surface area contributed by atoms with E-state index in [2.05, 4.69) is 21.0 Å². The van der Waals surface area contributed by atoms with Gasteiger partial charge in [-0.05, 0) is 18.2 Å². The summed E-state index contributed by atoms with van der Waals surface area (Å²) < 4.78 is 2.50. The number of benzene rings is 1. The molecule has 17 heavy (non-hydrogen) atoms. The fourth-order valence-electron chi connectivity index (χ4n) is 1.55. The SMILES string of the molecule is NCc1c(Br)cccc1-n1ccc(C(N)=O)n1. The van der Waals surface area contributed by atoms with Gasteiger partial charge in [0.25, 0.3) is 5.91 Å². The molecular weight excluding hydrogens is 284 g/mol. The van der Waals surface area contributed by atoms with E-state index in [0.717, 1.165) is 15.7 Å². The number of hydrogen-bond acceptors (Lipinski definition) is 3. The molecule has 1 amide bonds. The van der Waals surface area contributed by atoms with Crippen molar-refractivity contribution in [3.63, 3.8) is 0 Å². The zero-order valence-electron chi connectivity index (χ0n) is 8.93. The van der Waals surface area contributed by atoms with Gasteiger partial charge in [-0.2, -0.15) is 5.10 Å². The highest BCUT2D eigenvalue weighted by molar-refractivity contribution is 9.10. The minimum Gasteiger partial charge on any atom is -0.364 e. The molecule has 4 N–H and O–H groups in total. The Labute approximate surface area is 107 Å². The average Bonchev–Trinajstić information content (AvgIpc) is 2.77. The normalized spacial score (nSPS) is 10.5. The van der Waals surface area contributed by atoms with E-state index in [1.54, 1.807) is 16.9 Å². The second-order valence-corrected chi connectivity index (χ2v) is 4.31.